The Balaban J connectivity index is 1.93. The van der Waals surface area contributed by atoms with E-state index in [0.29, 0.717) is 11.2 Å². The quantitative estimate of drug-likeness (QED) is 0.572. The van der Waals surface area contributed by atoms with Gasteiger partial charge in [-0.05, 0) is 11.6 Å². The zero-order chi connectivity index (χ0) is 15.8. The summed E-state index contributed by atoms with van der Waals surface area (Å²) in [6.45, 7) is 0. The normalized spacial score (nSPS) is 11.0. The molecule has 5 heteroatoms. The van der Waals surface area contributed by atoms with Crippen molar-refractivity contribution in [1.82, 2.24) is 19.6 Å². The van der Waals surface area contributed by atoms with Crippen LogP contribution in [0.1, 0.15) is 0 Å². The Kier molecular flexibility index (Phi) is 3.05. The van der Waals surface area contributed by atoms with Crippen molar-refractivity contribution in [2.24, 2.45) is 7.05 Å². The van der Waals surface area contributed by atoms with E-state index in [2.05, 4.69) is 10.2 Å². The van der Waals surface area contributed by atoms with Gasteiger partial charge in [-0.3, -0.25) is 4.79 Å². The Bertz CT molecular complexity index is 1050. The van der Waals surface area contributed by atoms with Crippen LogP contribution in [0, 0.1) is 0 Å². The molecule has 0 saturated heterocycles. The highest BCUT2D eigenvalue weighted by Crippen LogP contribution is 2.21. The highest BCUT2D eigenvalue weighted by molar-refractivity contribution is 5.87. The zero-order valence-corrected chi connectivity index (χ0v) is 12.5. The molecule has 0 saturated carbocycles. The van der Waals surface area contributed by atoms with E-state index in [0.717, 1.165) is 16.5 Å². The van der Waals surface area contributed by atoms with E-state index in [1.54, 1.807) is 17.9 Å². The molecular formula is C18H14N4O. The summed E-state index contributed by atoms with van der Waals surface area (Å²) in [5, 5.41) is 10.2. The second kappa shape index (κ2) is 5.21. The molecule has 2 aromatic heterocycles. The number of benzene rings is 2. The molecule has 0 unspecified atom stereocenters. The summed E-state index contributed by atoms with van der Waals surface area (Å²) in [6.07, 6.45) is 3.73. The predicted octanol–water partition coefficient (Wildman–Crippen LogP) is 2.79. The van der Waals surface area contributed by atoms with Crippen LogP contribution in [0.4, 0.5) is 0 Å². The van der Waals surface area contributed by atoms with Crippen LogP contribution in [0.3, 0.4) is 0 Å². The number of hydrogen-bond donors (Lipinski definition) is 0. The van der Waals surface area contributed by atoms with E-state index in [-0.39, 0.29) is 5.56 Å². The SMILES string of the molecule is Cn1nc(-n2cc(-c3ccccc3)cn2)c2ccccc2c1=O. The molecule has 5 nitrogen and oxygen atoms in total. The molecule has 0 aliphatic rings. The molecule has 0 spiro atoms. The van der Waals surface area contributed by atoms with Gasteiger partial charge in [-0.25, -0.2) is 9.36 Å². The smallest absolute Gasteiger partial charge is 0.267 e. The maximum Gasteiger partial charge on any atom is 0.274 e. The summed E-state index contributed by atoms with van der Waals surface area (Å²) in [5.74, 6) is 0.643. The monoisotopic (exact) mass is 302 g/mol. The van der Waals surface area contributed by atoms with Gasteiger partial charge < -0.3 is 0 Å². The second-order valence-electron chi connectivity index (χ2n) is 5.34. The second-order valence-corrected chi connectivity index (χ2v) is 5.34. The van der Waals surface area contributed by atoms with E-state index >= 15 is 0 Å². The van der Waals surface area contributed by atoms with Gasteiger partial charge in [-0.2, -0.15) is 5.10 Å². The lowest BCUT2D eigenvalue weighted by atomic mass is 10.1. The van der Waals surface area contributed by atoms with Gasteiger partial charge in [0.2, 0.25) is 0 Å². The number of rotatable bonds is 2. The lowest BCUT2D eigenvalue weighted by Crippen LogP contribution is -2.22. The topological polar surface area (TPSA) is 52.7 Å². The lowest BCUT2D eigenvalue weighted by Gasteiger charge is -2.07. The minimum Gasteiger partial charge on any atom is -0.267 e. The summed E-state index contributed by atoms with van der Waals surface area (Å²) in [4.78, 5) is 12.2. The van der Waals surface area contributed by atoms with Gasteiger partial charge >= 0.3 is 0 Å². The number of aromatic nitrogens is 4. The summed E-state index contributed by atoms with van der Waals surface area (Å²) in [5.41, 5.74) is 1.98. The molecule has 0 N–H and O–H groups in total. The minimum absolute atomic E-state index is 0.111. The fourth-order valence-corrected chi connectivity index (χ4v) is 2.67. The van der Waals surface area contributed by atoms with Crippen LogP contribution in [-0.4, -0.2) is 19.6 Å². The van der Waals surface area contributed by atoms with Crippen LogP contribution in [0.15, 0.2) is 71.8 Å². The molecule has 0 amide bonds. The summed E-state index contributed by atoms with van der Waals surface area (Å²) in [7, 11) is 1.65. The van der Waals surface area contributed by atoms with Crippen LogP contribution < -0.4 is 5.56 Å². The van der Waals surface area contributed by atoms with E-state index < -0.39 is 0 Å². The molecule has 0 radical (unpaired) electrons. The first-order valence-corrected chi connectivity index (χ1v) is 7.30. The first-order chi connectivity index (χ1) is 11.2. The van der Waals surface area contributed by atoms with Crippen LogP contribution in [0.2, 0.25) is 0 Å². The fourth-order valence-electron chi connectivity index (χ4n) is 2.67. The highest BCUT2D eigenvalue weighted by Gasteiger charge is 2.11. The van der Waals surface area contributed by atoms with Crippen molar-refractivity contribution in [2.45, 2.75) is 0 Å². The van der Waals surface area contributed by atoms with E-state index in [1.165, 1.54) is 4.68 Å². The van der Waals surface area contributed by atoms with Crippen molar-refractivity contribution < 1.29 is 0 Å². The van der Waals surface area contributed by atoms with Crippen LogP contribution in [-0.2, 0) is 7.05 Å². The van der Waals surface area contributed by atoms with Crippen LogP contribution in [0.5, 0.6) is 0 Å². The van der Waals surface area contributed by atoms with Crippen molar-refractivity contribution in [3.63, 3.8) is 0 Å². The van der Waals surface area contributed by atoms with Crippen molar-refractivity contribution in [1.29, 1.82) is 0 Å². The van der Waals surface area contributed by atoms with E-state index in [9.17, 15) is 4.79 Å². The van der Waals surface area contributed by atoms with E-state index in [1.807, 2.05) is 60.8 Å². The van der Waals surface area contributed by atoms with Gasteiger partial charge in [0, 0.05) is 24.2 Å². The molecule has 0 bridgehead atoms. The van der Waals surface area contributed by atoms with E-state index in [4.69, 9.17) is 0 Å². The van der Waals surface area contributed by atoms with Crippen LogP contribution in [0.25, 0.3) is 27.7 Å². The van der Waals surface area contributed by atoms with Gasteiger partial charge in [0.1, 0.15) is 0 Å². The third-order valence-electron chi connectivity index (χ3n) is 3.84. The van der Waals surface area contributed by atoms with Crippen molar-refractivity contribution >= 4 is 10.8 Å². The van der Waals surface area contributed by atoms with Gasteiger partial charge in [0.15, 0.2) is 5.82 Å². The number of hydrogen-bond acceptors (Lipinski definition) is 3. The molecule has 0 aliphatic carbocycles. The van der Waals surface area contributed by atoms with Gasteiger partial charge in [-0.15, -0.1) is 5.10 Å². The first kappa shape index (κ1) is 13.5. The first-order valence-electron chi connectivity index (χ1n) is 7.30. The maximum absolute atomic E-state index is 12.2. The molecule has 0 aliphatic heterocycles. The molecule has 112 valence electrons. The van der Waals surface area contributed by atoms with Gasteiger partial charge in [0.05, 0.1) is 11.6 Å². The largest absolute Gasteiger partial charge is 0.274 e. The third kappa shape index (κ3) is 2.23. The van der Waals surface area contributed by atoms with Crippen LogP contribution >= 0.6 is 0 Å². The number of nitrogens with zero attached hydrogens (tertiary/aromatic N) is 4. The van der Waals surface area contributed by atoms with Crippen molar-refractivity contribution in [2.75, 3.05) is 0 Å². The molecule has 23 heavy (non-hydrogen) atoms. The Hall–Kier alpha value is -3.21. The Morgan fingerprint density at radius 3 is 2.35 bits per heavy atom. The summed E-state index contributed by atoms with van der Waals surface area (Å²) in [6, 6.07) is 17.5. The fraction of sp³-hybridized carbons (Fsp3) is 0.0556. The Morgan fingerprint density at radius 2 is 1.57 bits per heavy atom. The van der Waals surface area contributed by atoms with Crippen molar-refractivity contribution in [3.05, 3.63) is 77.3 Å². The third-order valence-corrected chi connectivity index (χ3v) is 3.84. The minimum atomic E-state index is -0.111. The summed E-state index contributed by atoms with van der Waals surface area (Å²) < 4.78 is 3.06. The summed E-state index contributed by atoms with van der Waals surface area (Å²) >= 11 is 0. The molecule has 0 atom stereocenters. The zero-order valence-electron chi connectivity index (χ0n) is 12.5. The molecular weight excluding hydrogens is 288 g/mol. The molecule has 4 rings (SSSR count). The average molecular weight is 302 g/mol. The Morgan fingerprint density at radius 1 is 0.870 bits per heavy atom. The molecule has 2 heterocycles. The lowest BCUT2D eigenvalue weighted by molar-refractivity contribution is 0.685. The average Bonchev–Trinajstić information content (AvgIpc) is 3.09. The standard InChI is InChI=1S/C18H14N4O/c1-21-18(23)16-10-6-5-9-15(16)17(20-21)22-12-14(11-19-22)13-7-3-2-4-8-13/h2-12H,1H3. The van der Waals surface area contributed by atoms with Crippen molar-refractivity contribution in [3.8, 4) is 16.9 Å². The highest BCUT2D eigenvalue weighted by atomic mass is 16.1. The maximum atomic E-state index is 12.2. The molecule has 2 aromatic carbocycles. The number of fused-ring (bicyclic) bond motifs is 1. The molecule has 0 fully saturated rings. The van der Waals surface area contributed by atoms with Gasteiger partial charge in [0.25, 0.3) is 5.56 Å². The molecule has 4 aromatic rings. The predicted molar refractivity (Wildman–Crippen MR) is 89.5 cm³/mol. The number of aryl methyl sites for hydroxylation is 1. The Labute approximate surface area is 132 Å². The van der Waals surface area contributed by atoms with Gasteiger partial charge in [-0.1, -0.05) is 48.5 Å².